The summed E-state index contributed by atoms with van der Waals surface area (Å²) in [6.07, 6.45) is 12.7. The molecule has 0 radical (unpaired) electrons. The van der Waals surface area contributed by atoms with Gasteiger partial charge in [-0.25, -0.2) is 0 Å². The second kappa shape index (κ2) is 6.94. The number of carbonyl (C=O) groups is 2. The number of Topliss-reactive ketones (excluding diaryl/α,β-unsaturated/α-hetero) is 1. The summed E-state index contributed by atoms with van der Waals surface area (Å²) in [6, 6.07) is 0. The number of allylic oxidation sites excluding steroid dienone is 5. The molecule has 0 N–H and O–H groups in total. The SMILES string of the molecule is CC=CC=CC=COC(=O)CCC(=O)C1(C)CC1. The monoisotopic (exact) mass is 248 g/mol. The van der Waals surface area contributed by atoms with E-state index in [-0.39, 0.29) is 30.0 Å². The fraction of sp³-hybridized carbons (Fsp3) is 0.467. The summed E-state index contributed by atoms with van der Waals surface area (Å²) in [7, 11) is 0. The highest BCUT2D eigenvalue weighted by Gasteiger charge is 2.43. The molecule has 0 saturated heterocycles. The molecule has 1 saturated carbocycles. The molecule has 0 amide bonds. The minimum atomic E-state index is -0.358. The summed E-state index contributed by atoms with van der Waals surface area (Å²) in [5, 5.41) is 0. The molecule has 0 atom stereocenters. The molecule has 3 nitrogen and oxygen atoms in total. The van der Waals surface area contributed by atoms with E-state index in [9.17, 15) is 9.59 Å². The first-order valence-electron chi connectivity index (χ1n) is 6.26. The second-order valence-corrected chi connectivity index (χ2v) is 4.71. The maximum Gasteiger partial charge on any atom is 0.311 e. The Morgan fingerprint density at radius 1 is 1.11 bits per heavy atom. The molecular weight excluding hydrogens is 228 g/mol. The molecule has 0 aromatic rings. The van der Waals surface area contributed by atoms with E-state index >= 15 is 0 Å². The number of ketones is 1. The minimum Gasteiger partial charge on any atom is -0.434 e. The Bertz CT molecular complexity index is 385. The van der Waals surface area contributed by atoms with Gasteiger partial charge in [-0.2, -0.15) is 0 Å². The zero-order valence-corrected chi connectivity index (χ0v) is 11.0. The van der Waals surface area contributed by atoms with Gasteiger partial charge in [0.2, 0.25) is 0 Å². The van der Waals surface area contributed by atoms with Gasteiger partial charge in [0, 0.05) is 11.8 Å². The van der Waals surface area contributed by atoms with Crippen LogP contribution in [0.5, 0.6) is 0 Å². The van der Waals surface area contributed by atoms with Crippen LogP contribution in [0.3, 0.4) is 0 Å². The number of hydrogen-bond donors (Lipinski definition) is 0. The Labute approximate surface area is 108 Å². The Balaban J connectivity index is 2.16. The molecule has 0 unspecified atom stereocenters. The average molecular weight is 248 g/mol. The predicted octanol–water partition coefficient (Wildman–Crippen LogP) is 3.33. The van der Waals surface area contributed by atoms with E-state index in [0.29, 0.717) is 0 Å². The van der Waals surface area contributed by atoms with Gasteiger partial charge in [0.15, 0.2) is 0 Å². The molecule has 0 aromatic carbocycles. The summed E-state index contributed by atoms with van der Waals surface area (Å²) in [5.74, 6) is -0.181. The Kier molecular flexibility index (Phi) is 5.56. The van der Waals surface area contributed by atoms with Crippen LogP contribution in [0, 0.1) is 5.41 Å². The van der Waals surface area contributed by atoms with Crippen molar-refractivity contribution in [1.29, 1.82) is 0 Å². The van der Waals surface area contributed by atoms with Crippen molar-refractivity contribution in [3.8, 4) is 0 Å². The van der Waals surface area contributed by atoms with Crippen LogP contribution in [0.2, 0.25) is 0 Å². The van der Waals surface area contributed by atoms with Gasteiger partial charge in [-0.05, 0) is 25.8 Å². The standard InChI is InChI=1S/C15H20O3/c1-3-4-5-6-7-12-18-14(17)9-8-13(16)15(2)10-11-15/h3-7,12H,8-11H2,1-2H3. The van der Waals surface area contributed by atoms with Gasteiger partial charge in [0.05, 0.1) is 12.7 Å². The summed E-state index contributed by atoms with van der Waals surface area (Å²) in [5.41, 5.74) is -0.147. The molecular formula is C15H20O3. The van der Waals surface area contributed by atoms with E-state index in [0.717, 1.165) is 12.8 Å². The fourth-order valence-electron chi connectivity index (χ4n) is 1.44. The van der Waals surface area contributed by atoms with Crippen LogP contribution in [-0.2, 0) is 14.3 Å². The lowest BCUT2D eigenvalue weighted by molar-refractivity contribution is -0.140. The third-order valence-electron chi connectivity index (χ3n) is 3.03. The molecule has 1 rings (SSSR count). The van der Waals surface area contributed by atoms with Crippen molar-refractivity contribution in [2.45, 2.75) is 39.5 Å². The maximum atomic E-state index is 11.6. The molecule has 18 heavy (non-hydrogen) atoms. The van der Waals surface area contributed by atoms with Gasteiger partial charge in [-0.1, -0.05) is 31.2 Å². The highest BCUT2D eigenvalue weighted by atomic mass is 16.5. The minimum absolute atomic E-state index is 0.147. The van der Waals surface area contributed by atoms with E-state index in [1.54, 1.807) is 12.2 Å². The maximum absolute atomic E-state index is 11.6. The molecule has 0 aliphatic heterocycles. The first-order valence-corrected chi connectivity index (χ1v) is 6.26. The lowest BCUT2D eigenvalue weighted by Gasteiger charge is -2.05. The van der Waals surface area contributed by atoms with Crippen molar-refractivity contribution in [2.24, 2.45) is 5.41 Å². The third kappa shape index (κ3) is 5.13. The molecule has 1 fully saturated rings. The Hall–Kier alpha value is -1.64. The number of rotatable bonds is 7. The number of esters is 1. The van der Waals surface area contributed by atoms with E-state index in [1.165, 1.54) is 6.26 Å². The van der Waals surface area contributed by atoms with Crippen LogP contribution < -0.4 is 0 Å². The van der Waals surface area contributed by atoms with Crippen molar-refractivity contribution >= 4 is 11.8 Å². The molecule has 3 heteroatoms. The molecule has 1 aliphatic rings. The molecule has 0 heterocycles. The second-order valence-electron chi connectivity index (χ2n) is 4.71. The first kappa shape index (κ1) is 14.4. The van der Waals surface area contributed by atoms with E-state index in [1.807, 2.05) is 32.1 Å². The van der Waals surface area contributed by atoms with Gasteiger partial charge in [-0.15, -0.1) is 0 Å². The summed E-state index contributed by atoms with van der Waals surface area (Å²) >= 11 is 0. The summed E-state index contributed by atoms with van der Waals surface area (Å²) in [4.78, 5) is 23.0. The number of ether oxygens (including phenoxy) is 1. The van der Waals surface area contributed by atoms with Gasteiger partial charge in [-0.3, -0.25) is 9.59 Å². The quantitative estimate of drug-likeness (QED) is 0.394. The largest absolute Gasteiger partial charge is 0.434 e. The van der Waals surface area contributed by atoms with E-state index in [4.69, 9.17) is 4.74 Å². The van der Waals surface area contributed by atoms with Crippen molar-refractivity contribution in [3.63, 3.8) is 0 Å². The first-order chi connectivity index (χ1) is 8.58. The zero-order chi connectivity index (χ0) is 13.4. The lowest BCUT2D eigenvalue weighted by Crippen LogP contribution is -2.13. The molecule has 0 spiro atoms. The lowest BCUT2D eigenvalue weighted by atomic mass is 10.00. The van der Waals surface area contributed by atoms with E-state index in [2.05, 4.69) is 0 Å². The molecule has 98 valence electrons. The van der Waals surface area contributed by atoms with Crippen molar-refractivity contribution in [3.05, 3.63) is 36.6 Å². The highest BCUT2D eigenvalue weighted by molar-refractivity contribution is 5.89. The van der Waals surface area contributed by atoms with E-state index < -0.39 is 0 Å². The summed E-state index contributed by atoms with van der Waals surface area (Å²) < 4.78 is 4.86. The highest BCUT2D eigenvalue weighted by Crippen LogP contribution is 2.46. The van der Waals surface area contributed by atoms with Crippen LogP contribution in [0.15, 0.2) is 36.6 Å². The van der Waals surface area contributed by atoms with Crippen molar-refractivity contribution in [1.82, 2.24) is 0 Å². The molecule has 1 aliphatic carbocycles. The average Bonchev–Trinajstić information content (AvgIpc) is 3.10. The smallest absolute Gasteiger partial charge is 0.311 e. The van der Waals surface area contributed by atoms with Crippen molar-refractivity contribution in [2.75, 3.05) is 0 Å². The van der Waals surface area contributed by atoms with Gasteiger partial charge in [0.25, 0.3) is 0 Å². The molecule has 0 aromatic heterocycles. The Morgan fingerprint density at radius 2 is 1.78 bits per heavy atom. The predicted molar refractivity (Wildman–Crippen MR) is 70.8 cm³/mol. The van der Waals surface area contributed by atoms with Gasteiger partial charge >= 0.3 is 5.97 Å². The normalized spacial score (nSPS) is 17.7. The van der Waals surface area contributed by atoms with Gasteiger partial charge < -0.3 is 4.74 Å². The van der Waals surface area contributed by atoms with Crippen molar-refractivity contribution < 1.29 is 14.3 Å². The van der Waals surface area contributed by atoms with Gasteiger partial charge in [0.1, 0.15) is 5.78 Å². The molecule has 0 bridgehead atoms. The van der Waals surface area contributed by atoms with Crippen LogP contribution >= 0.6 is 0 Å². The number of hydrogen-bond acceptors (Lipinski definition) is 3. The van der Waals surface area contributed by atoms with Crippen LogP contribution in [0.1, 0.15) is 39.5 Å². The third-order valence-corrected chi connectivity index (χ3v) is 3.03. The van der Waals surface area contributed by atoms with Crippen LogP contribution in [0.25, 0.3) is 0 Å². The zero-order valence-electron chi connectivity index (χ0n) is 11.0. The Morgan fingerprint density at radius 3 is 2.39 bits per heavy atom. The fourth-order valence-corrected chi connectivity index (χ4v) is 1.44. The van der Waals surface area contributed by atoms with Crippen LogP contribution in [-0.4, -0.2) is 11.8 Å². The summed E-state index contributed by atoms with van der Waals surface area (Å²) in [6.45, 7) is 3.87. The topological polar surface area (TPSA) is 43.4 Å². The number of carbonyl (C=O) groups excluding carboxylic acids is 2. The van der Waals surface area contributed by atoms with Crippen LogP contribution in [0.4, 0.5) is 0 Å².